The fraction of sp³-hybridized carbons (Fsp3) is 0. The lowest BCUT2D eigenvalue weighted by atomic mass is 10.1. The van der Waals surface area contributed by atoms with Crippen molar-refractivity contribution in [3.05, 3.63) is 27.7 Å². The maximum Gasteiger partial charge on any atom is 0.338 e. The summed E-state index contributed by atoms with van der Waals surface area (Å²) < 4.78 is 0.0269. The number of carboxylic acid groups (broad SMARTS) is 1. The van der Waals surface area contributed by atoms with Gasteiger partial charge in [0.2, 0.25) is 0 Å². The summed E-state index contributed by atoms with van der Waals surface area (Å²) in [6.07, 6.45) is 0. The smallest absolute Gasteiger partial charge is 0.338 e. The zero-order valence-electron chi connectivity index (χ0n) is 6.28. The van der Waals surface area contributed by atoms with Gasteiger partial charge in [-0.05, 0) is 28.1 Å². The Kier molecular flexibility index (Phi) is 2.54. The number of nitriles is 1. The monoisotopic (exact) mass is 241 g/mol. The van der Waals surface area contributed by atoms with Crippen molar-refractivity contribution >= 4 is 21.9 Å². The Morgan fingerprint density at radius 1 is 1.54 bits per heavy atom. The van der Waals surface area contributed by atoms with Crippen LogP contribution < -0.4 is 0 Å². The van der Waals surface area contributed by atoms with Gasteiger partial charge >= 0.3 is 5.97 Å². The van der Waals surface area contributed by atoms with Gasteiger partial charge in [0.1, 0.15) is 11.8 Å². The van der Waals surface area contributed by atoms with Crippen molar-refractivity contribution in [3.63, 3.8) is 0 Å². The fourth-order valence-electron chi connectivity index (χ4n) is 0.867. The highest BCUT2D eigenvalue weighted by molar-refractivity contribution is 9.10. The van der Waals surface area contributed by atoms with Crippen molar-refractivity contribution in [1.82, 2.24) is 0 Å². The zero-order valence-corrected chi connectivity index (χ0v) is 7.87. The molecular formula is C8H4BrNO3. The number of hydrogen-bond acceptors (Lipinski definition) is 3. The van der Waals surface area contributed by atoms with Gasteiger partial charge in [-0.25, -0.2) is 4.79 Å². The van der Waals surface area contributed by atoms with E-state index in [-0.39, 0.29) is 21.3 Å². The first kappa shape index (κ1) is 9.55. The molecule has 0 saturated carbocycles. The van der Waals surface area contributed by atoms with Crippen LogP contribution in [0.2, 0.25) is 0 Å². The molecule has 1 aromatic carbocycles. The molecule has 0 heterocycles. The summed E-state index contributed by atoms with van der Waals surface area (Å²) in [5.41, 5.74) is -0.209. The third kappa shape index (κ3) is 1.63. The van der Waals surface area contributed by atoms with Crippen LogP contribution in [-0.4, -0.2) is 16.2 Å². The van der Waals surface area contributed by atoms with Crippen LogP contribution in [-0.2, 0) is 0 Å². The largest absolute Gasteiger partial charge is 0.507 e. The predicted octanol–water partition coefficient (Wildman–Crippen LogP) is 1.72. The molecule has 66 valence electrons. The van der Waals surface area contributed by atoms with Crippen molar-refractivity contribution in [3.8, 4) is 11.8 Å². The standard InChI is InChI=1S/C8H4BrNO3/c9-7-5(11)2-1-4(3-10)6(7)8(12)13/h1-2,11H,(H,12,13). The van der Waals surface area contributed by atoms with E-state index in [0.717, 1.165) is 0 Å². The lowest BCUT2D eigenvalue weighted by Gasteiger charge is -2.02. The molecule has 1 aromatic rings. The molecule has 0 aromatic heterocycles. The SMILES string of the molecule is N#Cc1ccc(O)c(Br)c1C(=O)O. The van der Waals surface area contributed by atoms with Crippen LogP contribution in [0.15, 0.2) is 16.6 Å². The molecule has 5 heteroatoms. The molecule has 0 atom stereocenters. The van der Waals surface area contributed by atoms with Crippen LogP contribution in [0.25, 0.3) is 0 Å². The van der Waals surface area contributed by atoms with Gasteiger partial charge in [0, 0.05) is 0 Å². The second kappa shape index (κ2) is 3.46. The second-order valence-corrected chi connectivity index (χ2v) is 3.03. The Bertz CT molecular complexity index is 409. The topological polar surface area (TPSA) is 81.3 Å². The minimum atomic E-state index is -1.25. The van der Waals surface area contributed by atoms with Crippen molar-refractivity contribution in [2.45, 2.75) is 0 Å². The highest BCUT2D eigenvalue weighted by Crippen LogP contribution is 2.29. The average Bonchev–Trinajstić information content (AvgIpc) is 2.08. The maximum atomic E-state index is 10.7. The number of benzene rings is 1. The summed E-state index contributed by atoms with van der Waals surface area (Å²) >= 11 is 2.89. The van der Waals surface area contributed by atoms with E-state index >= 15 is 0 Å². The van der Waals surface area contributed by atoms with E-state index in [2.05, 4.69) is 15.9 Å². The van der Waals surface area contributed by atoms with Gasteiger partial charge in [0.25, 0.3) is 0 Å². The summed E-state index contributed by atoms with van der Waals surface area (Å²) in [5, 5.41) is 26.4. The highest BCUT2D eigenvalue weighted by atomic mass is 79.9. The van der Waals surface area contributed by atoms with E-state index in [9.17, 15) is 4.79 Å². The first-order valence-electron chi connectivity index (χ1n) is 3.22. The third-order valence-corrected chi connectivity index (χ3v) is 2.26. The second-order valence-electron chi connectivity index (χ2n) is 2.24. The van der Waals surface area contributed by atoms with Crippen LogP contribution in [0.4, 0.5) is 0 Å². The molecule has 0 aliphatic rings. The minimum Gasteiger partial charge on any atom is -0.507 e. The number of hydrogen-bond donors (Lipinski definition) is 2. The Morgan fingerprint density at radius 3 is 2.62 bits per heavy atom. The summed E-state index contributed by atoms with van der Waals surface area (Å²) in [6, 6.07) is 4.24. The lowest BCUT2D eigenvalue weighted by molar-refractivity contribution is 0.0695. The number of rotatable bonds is 1. The van der Waals surface area contributed by atoms with E-state index in [1.807, 2.05) is 0 Å². The van der Waals surface area contributed by atoms with Crippen molar-refractivity contribution in [2.24, 2.45) is 0 Å². The molecule has 0 bridgehead atoms. The summed E-state index contributed by atoms with van der Waals surface area (Å²) in [4.78, 5) is 10.7. The number of phenolic OH excluding ortho intramolecular Hbond substituents is 1. The van der Waals surface area contributed by atoms with E-state index in [4.69, 9.17) is 15.5 Å². The molecular weight excluding hydrogens is 238 g/mol. The van der Waals surface area contributed by atoms with Gasteiger partial charge in [0.05, 0.1) is 15.6 Å². The van der Waals surface area contributed by atoms with Crippen LogP contribution in [0.3, 0.4) is 0 Å². The van der Waals surface area contributed by atoms with Crippen LogP contribution in [0.5, 0.6) is 5.75 Å². The molecule has 0 saturated heterocycles. The van der Waals surface area contributed by atoms with Gasteiger partial charge in [-0.15, -0.1) is 0 Å². The molecule has 2 N–H and O–H groups in total. The van der Waals surface area contributed by atoms with Crippen LogP contribution in [0.1, 0.15) is 15.9 Å². The number of halogens is 1. The molecule has 1 rings (SSSR count). The normalized spacial score (nSPS) is 9.23. The molecule has 0 aliphatic carbocycles. The number of phenols is 1. The van der Waals surface area contributed by atoms with Gasteiger partial charge < -0.3 is 10.2 Å². The van der Waals surface area contributed by atoms with E-state index in [0.29, 0.717) is 0 Å². The summed E-state index contributed by atoms with van der Waals surface area (Å²) in [5.74, 6) is -1.45. The van der Waals surface area contributed by atoms with Crippen LogP contribution in [0, 0.1) is 11.3 Å². The van der Waals surface area contributed by atoms with E-state index in [1.165, 1.54) is 12.1 Å². The average molecular weight is 242 g/mol. The minimum absolute atomic E-state index is 0.0113. The molecule has 13 heavy (non-hydrogen) atoms. The molecule has 4 nitrogen and oxygen atoms in total. The predicted molar refractivity (Wildman–Crippen MR) is 47.5 cm³/mol. The van der Waals surface area contributed by atoms with Crippen LogP contribution >= 0.6 is 15.9 Å². The number of aromatic carboxylic acids is 1. The zero-order chi connectivity index (χ0) is 10.0. The molecule has 0 aliphatic heterocycles. The molecule has 0 amide bonds. The summed E-state index contributed by atoms with van der Waals surface area (Å²) in [6.45, 7) is 0. The summed E-state index contributed by atoms with van der Waals surface area (Å²) in [7, 11) is 0. The third-order valence-electron chi connectivity index (χ3n) is 1.46. The molecule has 0 spiro atoms. The van der Waals surface area contributed by atoms with Gasteiger partial charge in [-0.2, -0.15) is 5.26 Å². The van der Waals surface area contributed by atoms with Gasteiger partial charge in [-0.3, -0.25) is 0 Å². The lowest BCUT2D eigenvalue weighted by Crippen LogP contribution is -2.01. The molecule has 0 unspecified atom stereocenters. The van der Waals surface area contributed by atoms with Gasteiger partial charge in [0.15, 0.2) is 0 Å². The molecule has 0 fully saturated rings. The van der Waals surface area contributed by atoms with Crippen molar-refractivity contribution < 1.29 is 15.0 Å². The molecule has 0 radical (unpaired) electrons. The Labute approximate surface area is 82.2 Å². The quantitative estimate of drug-likeness (QED) is 0.785. The Morgan fingerprint density at radius 2 is 2.15 bits per heavy atom. The fourth-order valence-corrected chi connectivity index (χ4v) is 1.38. The van der Waals surface area contributed by atoms with Crippen molar-refractivity contribution in [2.75, 3.05) is 0 Å². The number of aromatic hydroxyl groups is 1. The van der Waals surface area contributed by atoms with Gasteiger partial charge in [-0.1, -0.05) is 0 Å². The Hall–Kier alpha value is -1.54. The maximum absolute atomic E-state index is 10.7. The number of nitrogens with zero attached hydrogens (tertiary/aromatic N) is 1. The van der Waals surface area contributed by atoms with E-state index in [1.54, 1.807) is 6.07 Å². The number of carbonyl (C=O) groups is 1. The number of carboxylic acids is 1. The highest BCUT2D eigenvalue weighted by Gasteiger charge is 2.16. The first-order valence-corrected chi connectivity index (χ1v) is 4.02. The van der Waals surface area contributed by atoms with Crippen molar-refractivity contribution in [1.29, 1.82) is 5.26 Å². The first-order chi connectivity index (χ1) is 6.07. The Balaban J connectivity index is 3.53. The van der Waals surface area contributed by atoms with E-state index < -0.39 is 5.97 Å².